The van der Waals surface area contributed by atoms with Gasteiger partial charge in [-0.25, -0.2) is 4.98 Å². The summed E-state index contributed by atoms with van der Waals surface area (Å²) in [6.45, 7) is 2.11. The summed E-state index contributed by atoms with van der Waals surface area (Å²) in [5.41, 5.74) is 4.49. The lowest BCUT2D eigenvalue weighted by Gasteiger charge is -2.10. The van der Waals surface area contributed by atoms with Crippen molar-refractivity contribution in [3.8, 4) is 33.3 Å². The zero-order chi connectivity index (χ0) is 25.1. The number of nitrogens with one attached hydrogen (secondary N) is 1. The Hall–Kier alpha value is -4.56. The standard InChI is InChI=1S/C28H22N4O3S/c1-18-7-5-12-22(13-18)32-25(34)15-24(33)26(31-32)27(35)29-16-19-8-6-11-21(14-19)28-30-23(17-36-28)20-9-3-2-4-10-20/h2-15,17,33H,16H2,1H3,(H,29,35). The summed E-state index contributed by atoms with van der Waals surface area (Å²) in [6, 6.07) is 25.9. The number of hydrogen-bond acceptors (Lipinski definition) is 6. The number of rotatable bonds is 6. The van der Waals surface area contributed by atoms with Crippen LogP contribution >= 0.6 is 11.3 Å². The summed E-state index contributed by atoms with van der Waals surface area (Å²) in [5.74, 6) is -1.05. The Balaban J connectivity index is 1.33. The van der Waals surface area contributed by atoms with Crippen molar-refractivity contribution >= 4 is 17.2 Å². The second-order valence-corrected chi connectivity index (χ2v) is 9.11. The van der Waals surface area contributed by atoms with Crippen molar-refractivity contribution in [2.45, 2.75) is 13.5 Å². The Morgan fingerprint density at radius 1 is 0.972 bits per heavy atom. The fraction of sp³-hybridized carbons (Fsp3) is 0.0714. The fourth-order valence-electron chi connectivity index (χ4n) is 3.78. The molecule has 0 aliphatic rings. The third kappa shape index (κ3) is 4.94. The van der Waals surface area contributed by atoms with Crippen LogP contribution in [-0.4, -0.2) is 25.8 Å². The number of thiazole rings is 1. The SMILES string of the molecule is Cc1cccc(-n2nc(C(=O)NCc3cccc(-c4nc(-c5ccccc5)cs4)c3)c(O)cc2=O)c1. The van der Waals surface area contributed by atoms with Gasteiger partial charge in [-0.15, -0.1) is 11.3 Å². The highest BCUT2D eigenvalue weighted by molar-refractivity contribution is 7.13. The highest BCUT2D eigenvalue weighted by atomic mass is 32.1. The van der Waals surface area contributed by atoms with Crippen LogP contribution in [0.5, 0.6) is 5.75 Å². The van der Waals surface area contributed by atoms with E-state index in [2.05, 4.69) is 10.4 Å². The van der Waals surface area contributed by atoms with Crippen LogP contribution in [0.1, 0.15) is 21.6 Å². The van der Waals surface area contributed by atoms with Crippen molar-refractivity contribution in [2.75, 3.05) is 0 Å². The minimum atomic E-state index is -0.583. The highest BCUT2D eigenvalue weighted by Gasteiger charge is 2.17. The molecule has 178 valence electrons. The van der Waals surface area contributed by atoms with Crippen LogP contribution in [0.15, 0.2) is 95.1 Å². The summed E-state index contributed by atoms with van der Waals surface area (Å²) in [6.07, 6.45) is 0. The molecule has 0 bridgehead atoms. The zero-order valence-corrected chi connectivity index (χ0v) is 20.2. The molecule has 1 amide bonds. The van der Waals surface area contributed by atoms with Gasteiger partial charge in [-0.1, -0.05) is 60.7 Å². The molecule has 2 aromatic heterocycles. The van der Waals surface area contributed by atoms with E-state index >= 15 is 0 Å². The number of benzene rings is 3. The summed E-state index contributed by atoms with van der Waals surface area (Å²) in [4.78, 5) is 30.0. The molecule has 0 unspecified atom stereocenters. The number of carbonyl (C=O) groups excluding carboxylic acids is 1. The molecule has 0 atom stereocenters. The molecule has 7 nitrogen and oxygen atoms in total. The van der Waals surface area contributed by atoms with Gasteiger partial charge in [-0.3, -0.25) is 9.59 Å². The van der Waals surface area contributed by atoms with Gasteiger partial charge >= 0.3 is 0 Å². The molecular formula is C28H22N4O3S. The average Bonchev–Trinajstić information content (AvgIpc) is 3.39. The van der Waals surface area contributed by atoms with Crippen molar-refractivity contribution in [2.24, 2.45) is 0 Å². The van der Waals surface area contributed by atoms with Crippen LogP contribution in [0.4, 0.5) is 0 Å². The molecule has 5 rings (SSSR count). The maximum absolute atomic E-state index is 12.9. The third-order valence-electron chi connectivity index (χ3n) is 5.57. The molecule has 2 heterocycles. The van der Waals surface area contributed by atoms with E-state index in [0.717, 1.165) is 43.7 Å². The van der Waals surface area contributed by atoms with Crippen LogP contribution in [0, 0.1) is 6.92 Å². The summed E-state index contributed by atoms with van der Waals surface area (Å²) >= 11 is 1.56. The molecule has 3 aromatic carbocycles. The topological polar surface area (TPSA) is 97.1 Å². The van der Waals surface area contributed by atoms with Crippen LogP contribution in [0.25, 0.3) is 27.5 Å². The first kappa shape index (κ1) is 23.2. The molecule has 0 aliphatic heterocycles. The lowest BCUT2D eigenvalue weighted by atomic mass is 10.1. The quantitative estimate of drug-likeness (QED) is 0.348. The van der Waals surface area contributed by atoms with E-state index in [1.807, 2.05) is 73.0 Å². The highest BCUT2D eigenvalue weighted by Crippen LogP contribution is 2.29. The first-order valence-corrected chi connectivity index (χ1v) is 12.1. The predicted molar refractivity (Wildman–Crippen MR) is 140 cm³/mol. The van der Waals surface area contributed by atoms with Crippen LogP contribution < -0.4 is 10.9 Å². The predicted octanol–water partition coefficient (Wildman–Crippen LogP) is 4.97. The van der Waals surface area contributed by atoms with Gasteiger partial charge in [0, 0.05) is 29.1 Å². The number of aromatic hydroxyl groups is 1. The van der Waals surface area contributed by atoms with Crippen molar-refractivity contribution in [3.63, 3.8) is 0 Å². The Kier molecular flexibility index (Phi) is 6.42. The van der Waals surface area contributed by atoms with Gasteiger partial charge < -0.3 is 10.4 Å². The summed E-state index contributed by atoms with van der Waals surface area (Å²) in [7, 11) is 0. The largest absolute Gasteiger partial charge is 0.505 e. The molecule has 36 heavy (non-hydrogen) atoms. The molecule has 8 heteroatoms. The minimum Gasteiger partial charge on any atom is -0.505 e. The molecular weight excluding hydrogens is 472 g/mol. The van der Waals surface area contributed by atoms with Crippen molar-refractivity contribution in [3.05, 3.63) is 117 Å². The number of carbonyl (C=O) groups is 1. The number of aromatic nitrogens is 3. The minimum absolute atomic E-state index is 0.217. The van der Waals surface area contributed by atoms with E-state index in [-0.39, 0.29) is 12.2 Å². The van der Waals surface area contributed by atoms with Gasteiger partial charge in [0.15, 0.2) is 11.4 Å². The second-order valence-electron chi connectivity index (χ2n) is 8.25. The lowest BCUT2D eigenvalue weighted by Crippen LogP contribution is -2.29. The van der Waals surface area contributed by atoms with Gasteiger partial charge in [0.05, 0.1) is 11.4 Å². The Morgan fingerprint density at radius 3 is 2.56 bits per heavy atom. The first-order chi connectivity index (χ1) is 17.5. The second kappa shape index (κ2) is 9.97. The molecule has 0 spiro atoms. The van der Waals surface area contributed by atoms with Gasteiger partial charge in [0.2, 0.25) is 0 Å². The Labute approximate surface area is 211 Å². The molecule has 0 aliphatic carbocycles. The smallest absolute Gasteiger partial charge is 0.275 e. The third-order valence-corrected chi connectivity index (χ3v) is 6.46. The number of amides is 1. The average molecular weight is 495 g/mol. The maximum atomic E-state index is 12.9. The normalized spacial score (nSPS) is 10.8. The Morgan fingerprint density at radius 2 is 1.75 bits per heavy atom. The zero-order valence-electron chi connectivity index (χ0n) is 19.4. The maximum Gasteiger partial charge on any atom is 0.275 e. The van der Waals surface area contributed by atoms with Gasteiger partial charge in [0.1, 0.15) is 5.01 Å². The molecule has 0 saturated heterocycles. The fourth-order valence-corrected chi connectivity index (χ4v) is 4.61. The van der Waals surface area contributed by atoms with E-state index < -0.39 is 17.2 Å². The summed E-state index contributed by atoms with van der Waals surface area (Å²) in [5, 5.41) is 20.0. The molecule has 5 aromatic rings. The summed E-state index contributed by atoms with van der Waals surface area (Å²) < 4.78 is 1.11. The molecule has 0 radical (unpaired) electrons. The lowest BCUT2D eigenvalue weighted by molar-refractivity contribution is 0.0941. The van der Waals surface area contributed by atoms with E-state index in [0.29, 0.717) is 5.69 Å². The molecule has 0 fully saturated rings. The number of aryl methyl sites for hydroxylation is 1. The monoisotopic (exact) mass is 494 g/mol. The van der Waals surface area contributed by atoms with Crippen LogP contribution in [-0.2, 0) is 6.54 Å². The number of hydrogen-bond donors (Lipinski definition) is 2. The molecule has 2 N–H and O–H groups in total. The van der Waals surface area contributed by atoms with E-state index in [1.54, 1.807) is 29.5 Å². The van der Waals surface area contributed by atoms with Crippen LogP contribution in [0.3, 0.4) is 0 Å². The Bertz CT molecular complexity index is 1610. The van der Waals surface area contributed by atoms with E-state index in [4.69, 9.17) is 4.98 Å². The van der Waals surface area contributed by atoms with Gasteiger partial charge in [0.25, 0.3) is 11.5 Å². The first-order valence-electron chi connectivity index (χ1n) is 11.3. The van der Waals surface area contributed by atoms with Crippen molar-refractivity contribution in [1.82, 2.24) is 20.1 Å². The van der Waals surface area contributed by atoms with Crippen molar-refractivity contribution in [1.29, 1.82) is 0 Å². The van der Waals surface area contributed by atoms with Crippen molar-refractivity contribution < 1.29 is 9.90 Å². The van der Waals surface area contributed by atoms with Gasteiger partial charge in [-0.2, -0.15) is 9.78 Å². The van der Waals surface area contributed by atoms with E-state index in [9.17, 15) is 14.7 Å². The van der Waals surface area contributed by atoms with Gasteiger partial charge in [-0.05, 0) is 36.2 Å². The molecule has 0 saturated carbocycles. The van der Waals surface area contributed by atoms with E-state index in [1.165, 1.54) is 0 Å². The van der Waals surface area contributed by atoms with Crippen LogP contribution in [0.2, 0.25) is 0 Å². The number of nitrogens with zero attached hydrogens (tertiary/aromatic N) is 3.